The first kappa shape index (κ1) is 25.7. The Hall–Kier alpha value is -3.34. The van der Waals surface area contributed by atoms with Crippen molar-refractivity contribution in [3.05, 3.63) is 76.7 Å². The number of ether oxygens (including phenoxy) is 2. The lowest BCUT2D eigenvalue weighted by molar-refractivity contribution is 0.279. The summed E-state index contributed by atoms with van der Waals surface area (Å²) in [6.45, 7) is 6.24. The molecule has 36 heavy (non-hydrogen) atoms. The fourth-order valence-electron chi connectivity index (χ4n) is 4.12. The number of nitrogens with one attached hydrogen (secondary N) is 2. The summed E-state index contributed by atoms with van der Waals surface area (Å²) in [5.74, 6) is 2.59. The van der Waals surface area contributed by atoms with Crippen molar-refractivity contribution in [3.63, 3.8) is 0 Å². The number of benzene rings is 2. The third-order valence-electron chi connectivity index (χ3n) is 5.92. The molecule has 1 aliphatic heterocycles. The maximum absolute atomic E-state index is 13.2. The fraction of sp³-hybridized carbons (Fsp3) is 0.346. The SMILES string of the molecule is COc1cc(C)c(S(=O)(=O)N(C)Cc2cc(OCNCc3ccc(C4=NCCN4)cc3)co2)c(C)c1. The number of aliphatic imine (C=N–C) groups is 1. The summed E-state index contributed by atoms with van der Waals surface area (Å²) >= 11 is 0. The maximum atomic E-state index is 13.2. The Morgan fingerprint density at radius 1 is 1.11 bits per heavy atom. The molecule has 1 aliphatic rings. The summed E-state index contributed by atoms with van der Waals surface area (Å²) in [6.07, 6.45) is 1.48. The van der Waals surface area contributed by atoms with Crippen LogP contribution in [0, 0.1) is 13.8 Å². The molecule has 0 saturated carbocycles. The zero-order chi connectivity index (χ0) is 25.7. The molecule has 2 aromatic carbocycles. The van der Waals surface area contributed by atoms with Crippen molar-refractivity contribution in [2.45, 2.75) is 31.8 Å². The van der Waals surface area contributed by atoms with Crippen LogP contribution in [-0.4, -0.2) is 52.5 Å². The van der Waals surface area contributed by atoms with Crippen molar-refractivity contribution < 1.29 is 22.3 Å². The molecule has 1 aromatic heterocycles. The van der Waals surface area contributed by atoms with Crippen LogP contribution < -0.4 is 20.1 Å². The van der Waals surface area contributed by atoms with E-state index in [0.29, 0.717) is 34.9 Å². The predicted molar refractivity (Wildman–Crippen MR) is 138 cm³/mol. The summed E-state index contributed by atoms with van der Waals surface area (Å²) < 4.78 is 44.2. The van der Waals surface area contributed by atoms with Gasteiger partial charge in [-0.25, -0.2) is 8.42 Å². The Morgan fingerprint density at radius 2 is 1.83 bits per heavy atom. The van der Waals surface area contributed by atoms with E-state index in [1.165, 1.54) is 17.6 Å². The van der Waals surface area contributed by atoms with Gasteiger partial charge >= 0.3 is 0 Å². The number of rotatable bonds is 11. The van der Waals surface area contributed by atoms with Gasteiger partial charge in [0.05, 0.1) is 25.1 Å². The first-order chi connectivity index (χ1) is 17.3. The third kappa shape index (κ3) is 5.89. The van der Waals surface area contributed by atoms with Gasteiger partial charge in [-0.3, -0.25) is 10.3 Å². The Kier molecular flexibility index (Phi) is 7.97. The van der Waals surface area contributed by atoms with Gasteiger partial charge in [-0.2, -0.15) is 4.31 Å². The van der Waals surface area contributed by atoms with E-state index in [9.17, 15) is 8.42 Å². The Balaban J connectivity index is 1.28. The largest absolute Gasteiger partial charge is 0.497 e. The molecule has 2 N–H and O–H groups in total. The molecule has 0 spiro atoms. The topological polar surface area (TPSA) is 105 Å². The van der Waals surface area contributed by atoms with E-state index in [0.717, 1.165) is 30.1 Å². The Morgan fingerprint density at radius 3 is 2.47 bits per heavy atom. The van der Waals surface area contributed by atoms with E-state index in [4.69, 9.17) is 13.9 Å². The highest BCUT2D eigenvalue weighted by atomic mass is 32.2. The molecular weight excluding hydrogens is 480 g/mol. The second-order valence-corrected chi connectivity index (χ2v) is 10.7. The predicted octanol–water partition coefficient (Wildman–Crippen LogP) is 3.20. The molecule has 0 atom stereocenters. The minimum absolute atomic E-state index is 0.0799. The highest BCUT2D eigenvalue weighted by Gasteiger charge is 2.26. The number of amidine groups is 1. The number of nitrogens with zero attached hydrogens (tertiary/aromatic N) is 2. The van der Waals surface area contributed by atoms with Crippen LogP contribution >= 0.6 is 0 Å². The third-order valence-corrected chi connectivity index (χ3v) is 8.03. The number of sulfonamides is 1. The number of aryl methyl sites for hydroxylation is 2. The quantitative estimate of drug-likeness (QED) is 0.300. The average Bonchev–Trinajstić information content (AvgIpc) is 3.54. The molecule has 0 fully saturated rings. The molecule has 9 nitrogen and oxygen atoms in total. The molecule has 0 amide bonds. The van der Waals surface area contributed by atoms with Gasteiger partial charge in [-0.1, -0.05) is 24.3 Å². The van der Waals surface area contributed by atoms with Gasteiger partial charge in [0.25, 0.3) is 0 Å². The smallest absolute Gasteiger partial charge is 0.243 e. The van der Waals surface area contributed by atoms with Crippen molar-refractivity contribution >= 4 is 15.9 Å². The number of hydrogen-bond donors (Lipinski definition) is 2. The van der Waals surface area contributed by atoms with Crippen LogP contribution in [0.15, 0.2) is 63.0 Å². The molecule has 0 unspecified atom stereocenters. The molecule has 0 aliphatic carbocycles. The first-order valence-corrected chi connectivity index (χ1v) is 13.1. The van der Waals surface area contributed by atoms with Gasteiger partial charge in [0, 0.05) is 31.8 Å². The van der Waals surface area contributed by atoms with Gasteiger partial charge in [0.15, 0.2) is 5.75 Å². The lowest BCUT2D eigenvalue weighted by Crippen LogP contribution is -2.27. The van der Waals surface area contributed by atoms with Crippen molar-refractivity contribution in [2.75, 3.05) is 34.0 Å². The van der Waals surface area contributed by atoms with Crippen LogP contribution in [0.2, 0.25) is 0 Å². The second-order valence-electron chi connectivity index (χ2n) is 8.67. The molecule has 3 aromatic rings. The number of hydrogen-bond acceptors (Lipinski definition) is 8. The maximum Gasteiger partial charge on any atom is 0.243 e. The van der Waals surface area contributed by atoms with E-state index >= 15 is 0 Å². The molecule has 2 heterocycles. The van der Waals surface area contributed by atoms with E-state index in [2.05, 4.69) is 39.9 Å². The van der Waals surface area contributed by atoms with Crippen LogP contribution in [0.25, 0.3) is 0 Å². The van der Waals surface area contributed by atoms with Gasteiger partial charge in [-0.05, 0) is 42.7 Å². The van der Waals surface area contributed by atoms with Gasteiger partial charge in [0.1, 0.15) is 30.3 Å². The lowest BCUT2D eigenvalue weighted by Gasteiger charge is -2.19. The zero-order valence-electron chi connectivity index (χ0n) is 21.0. The van der Waals surface area contributed by atoms with Crippen LogP contribution in [0.1, 0.15) is 28.0 Å². The molecule has 0 radical (unpaired) electrons. The first-order valence-electron chi connectivity index (χ1n) is 11.7. The van der Waals surface area contributed by atoms with Crippen molar-refractivity contribution in [1.29, 1.82) is 0 Å². The van der Waals surface area contributed by atoms with E-state index in [1.54, 1.807) is 39.2 Å². The minimum atomic E-state index is -3.72. The van der Waals surface area contributed by atoms with E-state index < -0.39 is 10.0 Å². The highest BCUT2D eigenvalue weighted by Crippen LogP contribution is 2.29. The molecule has 0 saturated heterocycles. The van der Waals surface area contributed by atoms with E-state index in [1.807, 2.05) is 0 Å². The van der Waals surface area contributed by atoms with Crippen LogP contribution in [-0.2, 0) is 23.1 Å². The fourth-order valence-corrected chi connectivity index (χ4v) is 5.66. The molecule has 0 bridgehead atoms. The average molecular weight is 513 g/mol. The lowest BCUT2D eigenvalue weighted by atomic mass is 10.1. The summed E-state index contributed by atoms with van der Waals surface area (Å²) in [7, 11) is -0.632. The van der Waals surface area contributed by atoms with Crippen molar-refractivity contribution in [2.24, 2.45) is 4.99 Å². The Bertz CT molecular complexity index is 1310. The molecule has 10 heteroatoms. The standard InChI is InChI=1S/C26H32N4O5S/c1-18-11-22(33-4)12-19(2)25(18)36(31,32)30(3)15-23-13-24(16-34-23)35-17-27-14-20-5-7-21(8-6-20)26-28-9-10-29-26/h5-8,11-13,16,27H,9-10,14-15,17H2,1-4H3,(H,28,29). The summed E-state index contributed by atoms with van der Waals surface area (Å²) in [4.78, 5) is 4.70. The number of methoxy groups -OCH3 is 1. The summed E-state index contributed by atoms with van der Waals surface area (Å²) in [5, 5.41) is 6.50. The monoisotopic (exact) mass is 512 g/mol. The van der Waals surface area contributed by atoms with Gasteiger partial charge < -0.3 is 19.2 Å². The van der Waals surface area contributed by atoms with Crippen molar-refractivity contribution in [3.8, 4) is 11.5 Å². The second kappa shape index (κ2) is 11.2. The van der Waals surface area contributed by atoms with Crippen LogP contribution in [0.4, 0.5) is 0 Å². The van der Waals surface area contributed by atoms with E-state index in [-0.39, 0.29) is 18.2 Å². The van der Waals surface area contributed by atoms with Crippen LogP contribution in [0.3, 0.4) is 0 Å². The normalized spacial score (nSPS) is 13.5. The van der Waals surface area contributed by atoms with Gasteiger partial charge in [0.2, 0.25) is 10.0 Å². The highest BCUT2D eigenvalue weighted by molar-refractivity contribution is 7.89. The van der Waals surface area contributed by atoms with Crippen molar-refractivity contribution in [1.82, 2.24) is 14.9 Å². The minimum Gasteiger partial charge on any atom is -0.497 e. The summed E-state index contributed by atoms with van der Waals surface area (Å²) in [5.41, 5.74) is 3.48. The molecule has 4 rings (SSSR count). The van der Waals surface area contributed by atoms with Crippen LogP contribution in [0.5, 0.6) is 11.5 Å². The molecular formula is C26H32N4O5S. The number of furan rings is 1. The van der Waals surface area contributed by atoms with Gasteiger partial charge in [-0.15, -0.1) is 0 Å². The Labute approximate surface area is 212 Å². The summed E-state index contributed by atoms with van der Waals surface area (Å²) in [6, 6.07) is 13.4. The zero-order valence-corrected chi connectivity index (χ0v) is 21.8. The molecule has 192 valence electrons.